The van der Waals surface area contributed by atoms with Crippen molar-refractivity contribution in [2.24, 2.45) is 0 Å². The summed E-state index contributed by atoms with van der Waals surface area (Å²) < 4.78 is 0. The van der Waals surface area contributed by atoms with Gasteiger partial charge < -0.3 is 5.11 Å². The Hall–Kier alpha value is -0.480. The smallest absolute Gasteiger partial charge is 0.414 e. The minimum absolute atomic E-state index is 0. The highest BCUT2D eigenvalue weighted by molar-refractivity contribution is 6.63. The highest BCUT2D eigenvalue weighted by Crippen LogP contribution is 1.90. The van der Waals surface area contributed by atoms with E-state index in [9.17, 15) is 9.59 Å². The summed E-state index contributed by atoms with van der Waals surface area (Å²) in [6, 6.07) is 0. The number of amides is 2. The molecule has 0 atom stereocenters. The largest absolute Gasteiger partial charge is 0.465 e. The molecule has 0 saturated heterocycles. The molecular formula is C3H5Cl2NO3. The van der Waals surface area contributed by atoms with Gasteiger partial charge in [-0.2, -0.15) is 0 Å². The van der Waals surface area contributed by atoms with Gasteiger partial charge in [-0.15, -0.1) is 12.4 Å². The average Bonchev–Trinajstić information content (AvgIpc) is 1.64. The van der Waals surface area contributed by atoms with Crippen LogP contribution in [0.1, 0.15) is 0 Å². The molecule has 1 N–H and O–H groups in total. The van der Waals surface area contributed by atoms with Crippen LogP contribution in [0.25, 0.3) is 0 Å². The lowest BCUT2D eigenvalue weighted by atomic mass is 10.9. The molecule has 0 aliphatic heterocycles. The van der Waals surface area contributed by atoms with Crippen molar-refractivity contribution in [3.05, 3.63) is 0 Å². The van der Waals surface area contributed by atoms with Crippen molar-refractivity contribution in [3.8, 4) is 0 Å². The summed E-state index contributed by atoms with van der Waals surface area (Å²) in [6.45, 7) is 0. The van der Waals surface area contributed by atoms with E-state index < -0.39 is 11.5 Å². The first-order chi connectivity index (χ1) is 3.55. The number of hydrogen-bond acceptors (Lipinski definition) is 2. The van der Waals surface area contributed by atoms with Crippen LogP contribution in [0, 0.1) is 0 Å². The van der Waals surface area contributed by atoms with Crippen LogP contribution in [0.15, 0.2) is 0 Å². The Balaban J connectivity index is 0. The van der Waals surface area contributed by atoms with E-state index in [1.54, 1.807) is 0 Å². The van der Waals surface area contributed by atoms with Gasteiger partial charge in [-0.1, -0.05) is 0 Å². The normalized spacial score (nSPS) is 7.33. The van der Waals surface area contributed by atoms with Gasteiger partial charge in [0.25, 0.3) is 0 Å². The summed E-state index contributed by atoms with van der Waals surface area (Å²) in [7, 11) is 1.07. The first-order valence-electron chi connectivity index (χ1n) is 1.72. The standard InChI is InChI=1S/C3H4ClNO3.ClH/c1-5(2(4)6)3(7)8;/h1H3,(H,7,8);1H. The van der Waals surface area contributed by atoms with Crippen LogP contribution in [0.2, 0.25) is 0 Å². The number of rotatable bonds is 0. The topological polar surface area (TPSA) is 57.6 Å². The lowest BCUT2D eigenvalue weighted by Gasteiger charge is -2.02. The second kappa shape index (κ2) is 4.40. The predicted molar refractivity (Wildman–Crippen MR) is 34.3 cm³/mol. The number of imide groups is 1. The molecule has 0 saturated carbocycles. The van der Waals surface area contributed by atoms with Gasteiger partial charge in [0.15, 0.2) is 0 Å². The third-order valence-corrected chi connectivity index (χ3v) is 0.804. The Morgan fingerprint density at radius 2 is 1.89 bits per heavy atom. The third-order valence-electron chi connectivity index (χ3n) is 0.551. The van der Waals surface area contributed by atoms with Gasteiger partial charge in [0.2, 0.25) is 0 Å². The van der Waals surface area contributed by atoms with Crippen LogP contribution in [-0.4, -0.2) is 28.5 Å². The maximum atomic E-state index is 9.90. The maximum absolute atomic E-state index is 9.90. The van der Waals surface area contributed by atoms with Crippen LogP contribution in [0.4, 0.5) is 9.59 Å². The molecule has 0 bridgehead atoms. The SMILES string of the molecule is CN(C(=O)O)C(=O)Cl.Cl. The van der Waals surface area contributed by atoms with E-state index >= 15 is 0 Å². The lowest BCUT2D eigenvalue weighted by Crippen LogP contribution is -2.26. The summed E-state index contributed by atoms with van der Waals surface area (Å²) in [4.78, 5) is 20.0. The maximum Gasteiger partial charge on any atom is 0.414 e. The Kier molecular flexibility index (Phi) is 5.55. The van der Waals surface area contributed by atoms with Crippen LogP contribution < -0.4 is 0 Å². The summed E-state index contributed by atoms with van der Waals surface area (Å²) in [5, 5.41) is 6.97. The van der Waals surface area contributed by atoms with Crippen LogP contribution in [0.3, 0.4) is 0 Å². The number of carboxylic acid groups (broad SMARTS) is 1. The van der Waals surface area contributed by atoms with Crippen LogP contribution in [0.5, 0.6) is 0 Å². The molecule has 9 heavy (non-hydrogen) atoms. The van der Waals surface area contributed by atoms with Crippen molar-refractivity contribution in [1.82, 2.24) is 4.90 Å². The van der Waals surface area contributed by atoms with Crippen LogP contribution in [-0.2, 0) is 0 Å². The monoisotopic (exact) mass is 173 g/mol. The number of carbonyl (C=O) groups is 2. The predicted octanol–water partition coefficient (Wildman–Crippen LogP) is 1.38. The van der Waals surface area contributed by atoms with Crippen molar-refractivity contribution in [3.63, 3.8) is 0 Å². The van der Waals surface area contributed by atoms with Gasteiger partial charge in [-0.25, -0.2) is 9.69 Å². The number of nitrogens with zero attached hydrogens (tertiary/aromatic N) is 1. The molecule has 0 aromatic rings. The zero-order valence-electron chi connectivity index (χ0n) is 4.50. The molecule has 6 heteroatoms. The highest BCUT2D eigenvalue weighted by Gasteiger charge is 2.10. The molecule has 54 valence electrons. The average molecular weight is 174 g/mol. The molecular weight excluding hydrogens is 169 g/mol. The molecule has 0 rings (SSSR count). The number of hydrogen-bond donors (Lipinski definition) is 1. The number of halogens is 2. The minimum atomic E-state index is -1.36. The van der Waals surface area contributed by atoms with Crippen molar-refractivity contribution in [2.45, 2.75) is 0 Å². The Morgan fingerprint density at radius 3 is 1.89 bits per heavy atom. The fraction of sp³-hybridized carbons (Fsp3) is 0.333. The van der Waals surface area contributed by atoms with E-state index in [2.05, 4.69) is 0 Å². The molecule has 0 fully saturated rings. The van der Waals surface area contributed by atoms with Crippen molar-refractivity contribution < 1.29 is 14.7 Å². The molecule has 0 aromatic carbocycles. The molecule has 2 amide bonds. The van der Waals surface area contributed by atoms with E-state index in [0.717, 1.165) is 7.05 Å². The van der Waals surface area contributed by atoms with E-state index in [1.165, 1.54) is 0 Å². The molecule has 0 aromatic heterocycles. The minimum Gasteiger partial charge on any atom is -0.465 e. The zero-order valence-corrected chi connectivity index (χ0v) is 6.07. The Labute approximate surface area is 62.8 Å². The molecule has 0 aliphatic carbocycles. The summed E-state index contributed by atoms with van der Waals surface area (Å²) in [5.74, 6) is 0. The molecule has 0 spiro atoms. The van der Waals surface area contributed by atoms with E-state index in [1.807, 2.05) is 0 Å². The van der Waals surface area contributed by atoms with Gasteiger partial charge in [-0.3, -0.25) is 4.79 Å². The van der Waals surface area contributed by atoms with Gasteiger partial charge in [0.1, 0.15) is 0 Å². The van der Waals surface area contributed by atoms with Gasteiger partial charge in [0.05, 0.1) is 0 Å². The Bertz CT molecular complexity index is 112. The Morgan fingerprint density at radius 1 is 1.56 bits per heavy atom. The van der Waals surface area contributed by atoms with E-state index in [0.29, 0.717) is 4.90 Å². The second-order valence-corrected chi connectivity index (χ2v) is 1.42. The highest BCUT2D eigenvalue weighted by atomic mass is 35.5. The van der Waals surface area contributed by atoms with Crippen molar-refractivity contribution >= 4 is 35.5 Å². The van der Waals surface area contributed by atoms with Crippen molar-refractivity contribution in [1.29, 1.82) is 0 Å². The first kappa shape index (κ1) is 11.3. The van der Waals surface area contributed by atoms with Gasteiger partial charge in [-0.05, 0) is 11.6 Å². The lowest BCUT2D eigenvalue weighted by molar-refractivity contribution is 0.164. The third kappa shape index (κ3) is 4.05. The fourth-order valence-corrected chi connectivity index (χ4v) is 0.147. The molecule has 0 radical (unpaired) electrons. The first-order valence-corrected chi connectivity index (χ1v) is 2.09. The zero-order chi connectivity index (χ0) is 6.73. The molecule has 4 nitrogen and oxygen atoms in total. The quantitative estimate of drug-likeness (QED) is 0.445. The summed E-state index contributed by atoms with van der Waals surface area (Å²) in [5.41, 5.74) is 0. The second-order valence-electron chi connectivity index (χ2n) is 1.09. The van der Waals surface area contributed by atoms with Gasteiger partial charge >= 0.3 is 11.5 Å². The molecule has 0 aliphatic rings. The van der Waals surface area contributed by atoms with E-state index in [-0.39, 0.29) is 12.4 Å². The summed E-state index contributed by atoms with van der Waals surface area (Å²) >= 11 is 4.73. The van der Waals surface area contributed by atoms with Gasteiger partial charge in [0, 0.05) is 7.05 Å². The van der Waals surface area contributed by atoms with Crippen LogP contribution >= 0.6 is 24.0 Å². The summed E-state index contributed by atoms with van der Waals surface area (Å²) in [6.07, 6.45) is -1.36. The fourth-order valence-electron chi connectivity index (χ4n) is 0.0752. The molecule has 0 unspecified atom stereocenters. The van der Waals surface area contributed by atoms with Crippen molar-refractivity contribution in [2.75, 3.05) is 7.05 Å². The van der Waals surface area contributed by atoms with E-state index in [4.69, 9.17) is 16.7 Å². The number of carbonyl (C=O) groups excluding carboxylic acids is 1. The molecule has 0 heterocycles.